The first kappa shape index (κ1) is 13.2. The summed E-state index contributed by atoms with van der Waals surface area (Å²) in [5, 5.41) is 4.15. The fraction of sp³-hybridized carbons (Fsp3) is 0.538. The van der Waals surface area contributed by atoms with Crippen molar-refractivity contribution in [1.29, 1.82) is 0 Å². The van der Waals surface area contributed by atoms with Crippen molar-refractivity contribution in [1.82, 2.24) is 0 Å². The number of benzene rings is 1. The van der Waals surface area contributed by atoms with E-state index in [-0.39, 0.29) is 0 Å². The zero-order valence-corrected chi connectivity index (χ0v) is 11.1. The molecular weight excluding hydrogens is 222 g/mol. The molecule has 1 aromatic rings. The maximum absolute atomic E-state index is 5.98. The molecule has 0 aromatic heterocycles. The van der Waals surface area contributed by atoms with Crippen LogP contribution in [0, 0.1) is 5.92 Å². The normalized spacial score (nSPS) is 12.6. The van der Waals surface area contributed by atoms with Gasteiger partial charge >= 0.3 is 0 Å². The molecule has 0 heterocycles. The minimum absolute atomic E-state index is 0.387. The summed E-state index contributed by atoms with van der Waals surface area (Å²) in [7, 11) is 0. The lowest BCUT2D eigenvalue weighted by Gasteiger charge is -2.21. The van der Waals surface area contributed by atoms with Gasteiger partial charge in [-0.2, -0.15) is 0 Å². The SMILES string of the molecule is CCOc1ccc(Cl)cc1NC(C)C(C)C. The number of rotatable bonds is 5. The maximum Gasteiger partial charge on any atom is 0.142 e. The molecule has 16 heavy (non-hydrogen) atoms. The van der Waals surface area contributed by atoms with E-state index in [4.69, 9.17) is 16.3 Å². The van der Waals surface area contributed by atoms with Crippen molar-refractivity contribution in [2.24, 2.45) is 5.92 Å². The summed E-state index contributed by atoms with van der Waals surface area (Å²) in [4.78, 5) is 0. The molecule has 1 atom stereocenters. The third kappa shape index (κ3) is 3.60. The van der Waals surface area contributed by atoms with Crippen LogP contribution in [-0.4, -0.2) is 12.6 Å². The van der Waals surface area contributed by atoms with Crippen LogP contribution in [0.5, 0.6) is 5.75 Å². The smallest absolute Gasteiger partial charge is 0.142 e. The molecule has 90 valence electrons. The van der Waals surface area contributed by atoms with E-state index in [0.29, 0.717) is 18.6 Å². The van der Waals surface area contributed by atoms with Crippen molar-refractivity contribution in [3.05, 3.63) is 23.2 Å². The van der Waals surface area contributed by atoms with Crippen LogP contribution in [0.15, 0.2) is 18.2 Å². The molecule has 0 radical (unpaired) electrons. The van der Waals surface area contributed by atoms with Crippen molar-refractivity contribution < 1.29 is 4.74 Å². The van der Waals surface area contributed by atoms with E-state index < -0.39 is 0 Å². The standard InChI is InChI=1S/C13H20ClNO/c1-5-16-13-7-6-11(14)8-12(13)15-10(4)9(2)3/h6-10,15H,5H2,1-4H3. The summed E-state index contributed by atoms with van der Waals surface area (Å²) in [5.41, 5.74) is 0.968. The molecule has 1 rings (SSSR count). The Morgan fingerprint density at radius 2 is 2.00 bits per heavy atom. The van der Waals surface area contributed by atoms with Gasteiger partial charge in [-0.25, -0.2) is 0 Å². The molecule has 0 aliphatic rings. The molecule has 0 fully saturated rings. The highest BCUT2D eigenvalue weighted by molar-refractivity contribution is 6.30. The molecule has 1 N–H and O–H groups in total. The summed E-state index contributed by atoms with van der Waals surface area (Å²) in [6.07, 6.45) is 0. The zero-order valence-electron chi connectivity index (χ0n) is 10.4. The van der Waals surface area contributed by atoms with E-state index in [1.165, 1.54) is 0 Å². The summed E-state index contributed by atoms with van der Waals surface area (Å²) < 4.78 is 5.55. The number of hydrogen-bond donors (Lipinski definition) is 1. The third-order valence-electron chi connectivity index (χ3n) is 2.62. The average Bonchev–Trinajstić information content (AvgIpc) is 2.22. The summed E-state index contributed by atoms with van der Waals surface area (Å²) >= 11 is 5.98. The molecule has 0 saturated carbocycles. The highest BCUT2D eigenvalue weighted by atomic mass is 35.5. The molecule has 1 aromatic carbocycles. The van der Waals surface area contributed by atoms with Gasteiger partial charge in [-0.15, -0.1) is 0 Å². The van der Waals surface area contributed by atoms with Crippen LogP contribution in [0.1, 0.15) is 27.7 Å². The van der Waals surface area contributed by atoms with Gasteiger partial charge in [0.1, 0.15) is 5.75 Å². The van der Waals surface area contributed by atoms with Crippen LogP contribution in [0.4, 0.5) is 5.69 Å². The van der Waals surface area contributed by atoms with Crippen LogP contribution in [0.2, 0.25) is 5.02 Å². The Morgan fingerprint density at radius 3 is 2.56 bits per heavy atom. The van der Waals surface area contributed by atoms with E-state index in [9.17, 15) is 0 Å². The Balaban J connectivity index is 2.87. The first-order valence-electron chi connectivity index (χ1n) is 5.73. The van der Waals surface area contributed by atoms with Gasteiger partial charge in [0, 0.05) is 11.1 Å². The monoisotopic (exact) mass is 241 g/mol. The average molecular weight is 242 g/mol. The Hall–Kier alpha value is -0.890. The van der Waals surface area contributed by atoms with Crippen molar-refractivity contribution in [2.75, 3.05) is 11.9 Å². The molecular formula is C13H20ClNO. The van der Waals surface area contributed by atoms with Crippen molar-refractivity contribution in [2.45, 2.75) is 33.7 Å². The Morgan fingerprint density at radius 1 is 1.31 bits per heavy atom. The lowest BCUT2D eigenvalue weighted by atomic mass is 10.1. The second-order valence-electron chi connectivity index (χ2n) is 4.25. The number of anilines is 1. The van der Waals surface area contributed by atoms with Crippen LogP contribution in [0.3, 0.4) is 0 Å². The highest BCUT2D eigenvalue weighted by Crippen LogP contribution is 2.29. The number of ether oxygens (including phenoxy) is 1. The summed E-state index contributed by atoms with van der Waals surface area (Å²) in [5.74, 6) is 1.42. The number of nitrogens with one attached hydrogen (secondary N) is 1. The Kier molecular flexibility index (Phi) is 4.94. The quantitative estimate of drug-likeness (QED) is 0.835. The van der Waals surface area contributed by atoms with Crippen LogP contribution >= 0.6 is 11.6 Å². The topological polar surface area (TPSA) is 21.3 Å². The van der Waals surface area contributed by atoms with Crippen molar-refractivity contribution >= 4 is 17.3 Å². The van der Waals surface area contributed by atoms with E-state index in [0.717, 1.165) is 16.5 Å². The van der Waals surface area contributed by atoms with Crippen molar-refractivity contribution in [3.8, 4) is 5.75 Å². The van der Waals surface area contributed by atoms with Crippen LogP contribution in [-0.2, 0) is 0 Å². The van der Waals surface area contributed by atoms with Gasteiger partial charge in [0.15, 0.2) is 0 Å². The van der Waals surface area contributed by atoms with Gasteiger partial charge in [-0.1, -0.05) is 25.4 Å². The fourth-order valence-electron chi connectivity index (χ4n) is 1.31. The second-order valence-corrected chi connectivity index (χ2v) is 4.69. The van der Waals surface area contributed by atoms with E-state index in [1.54, 1.807) is 0 Å². The fourth-order valence-corrected chi connectivity index (χ4v) is 1.48. The van der Waals surface area contributed by atoms with Crippen molar-refractivity contribution in [3.63, 3.8) is 0 Å². The van der Waals surface area contributed by atoms with E-state index in [2.05, 4.69) is 26.1 Å². The second kappa shape index (κ2) is 6.00. The summed E-state index contributed by atoms with van der Waals surface area (Å²) in [6, 6.07) is 6.04. The Labute approximate surface area is 103 Å². The molecule has 2 nitrogen and oxygen atoms in total. The Bertz CT molecular complexity index is 339. The molecule has 0 bridgehead atoms. The molecule has 0 saturated heterocycles. The van der Waals surface area contributed by atoms with E-state index in [1.807, 2.05) is 25.1 Å². The zero-order chi connectivity index (χ0) is 12.1. The van der Waals surface area contributed by atoms with Gasteiger partial charge in [0.2, 0.25) is 0 Å². The first-order valence-corrected chi connectivity index (χ1v) is 6.11. The van der Waals surface area contributed by atoms with Gasteiger partial charge in [-0.3, -0.25) is 0 Å². The summed E-state index contributed by atoms with van der Waals surface area (Å²) in [6.45, 7) is 9.16. The highest BCUT2D eigenvalue weighted by Gasteiger charge is 2.10. The van der Waals surface area contributed by atoms with E-state index >= 15 is 0 Å². The molecule has 0 amide bonds. The lowest BCUT2D eigenvalue weighted by molar-refractivity contribution is 0.341. The predicted molar refractivity (Wildman–Crippen MR) is 70.5 cm³/mol. The molecule has 0 aliphatic carbocycles. The van der Waals surface area contributed by atoms with Crippen LogP contribution < -0.4 is 10.1 Å². The van der Waals surface area contributed by atoms with Gasteiger partial charge in [-0.05, 0) is 38.0 Å². The molecule has 1 unspecified atom stereocenters. The number of halogens is 1. The molecule has 0 aliphatic heterocycles. The third-order valence-corrected chi connectivity index (χ3v) is 2.86. The minimum Gasteiger partial charge on any atom is -0.492 e. The van der Waals surface area contributed by atoms with Gasteiger partial charge in [0.05, 0.1) is 12.3 Å². The number of hydrogen-bond acceptors (Lipinski definition) is 2. The molecule has 3 heteroatoms. The largest absolute Gasteiger partial charge is 0.492 e. The minimum atomic E-state index is 0.387. The first-order chi connectivity index (χ1) is 7.54. The van der Waals surface area contributed by atoms with Gasteiger partial charge in [0.25, 0.3) is 0 Å². The van der Waals surface area contributed by atoms with Crippen LogP contribution in [0.25, 0.3) is 0 Å². The lowest BCUT2D eigenvalue weighted by Crippen LogP contribution is -2.21. The maximum atomic E-state index is 5.98. The molecule has 0 spiro atoms. The predicted octanol–water partition coefficient (Wildman–Crippen LogP) is 4.20. The van der Waals surface area contributed by atoms with Gasteiger partial charge < -0.3 is 10.1 Å².